The highest BCUT2D eigenvalue weighted by molar-refractivity contribution is 6.05. The van der Waals surface area contributed by atoms with Gasteiger partial charge in [0.1, 0.15) is 5.70 Å². The average molecular weight is 527 g/mol. The molecular weight excluding hydrogens is 496 g/mol. The molecule has 1 aliphatic heterocycles. The molecule has 0 atom stereocenters. The standard InChI is InChI=1S/C29H30N6O4/c1-33-13-15-34(16-14-33)29(37)23(17-20-7-5-4-6-8-20)31-28(36)22-19-27-30-12-11-24(35(27)32-22)21-9-10-25(38-2)26(18-21)39-3/h4-12,17-19H,13-16H2,1-3H3,(H,31,36)/b23-17+. The SMILES string of the molecule is COc1ccc(-c2ccnc3cc(C(=O)N/C(=C/c4ccccc4)C(=O)N4CCN(C)CC4)nn23)cc1OC. The minimum Gasteiger partial charge on any atom is -0.493 e. The predicted octanol–water partition coefficient (Wildman–Crippen LogP) is 2.96. The van der Waals surface area contributed by atoms with Gasteiger partial charge in [0.25, 0.3) is 11.8 Å². The third kappa shape index (κ3) is 5.60. The van der Waals surface area contributed by atoms with Gasteiger partial charge in [-0.1, -0.05) is 30.3 Å². The van der Waals surface area contributed by atoms with Crippen molar-refractivity contribution in [3.05, 3.63) is 83.8 Å². The van der Waals surface area contributed by atoms with Crippen LogP contribution in [0.15, 0.2) is 72.6 Å². The van der Waals surface area contributed by atoms with E-state index in [1.54, 1.807) is 48.0 Å². The molecular formula is C29H30N6O4. The number of piperazine rings is 1. The van der Waals surface area contributed by atoms with E-state index in [2.05, 4.69) is 20.3 Å². The summed E-state index contributed by atoms with van der Waals surface area (Å²) in [6.45, 7) is 2.72. The smallest absolute Gasteiger partial charge is 0.276 e. The molecule has 2 amide bonds. The number of aromatic nitrogens is 3. The normalized spacial score (nSPS) is 14.3. The highest BCUT2D eigenvalue weighted by Gasteiger charge is 2.25. The fourth-order valence-corrected chi connectivity index (χ4v) is 4.45. The molecule has 1 fully saturated rings. The van der Waals surface area contributed by atoms with Gasteiger partial charge in [0, 0.05) is 44.0 Å². The van der Waals surface area contributed by atoms with Crippen LogP contribution in [0.2, 0.25) is 0 Å². The summed E-state index contributed by atoms with van der Waals surface area (Å²) in [5.74, 6) is 0.453. The molecule has 1 saturated heterocycles. The molecule has 1 N–H and O–H groups in total. The topological polar surface area (TPSA) is 101 Å². The molecule has 1 aliphatic rings. The number of nitrogens with zero attached hydrogens (tertiary/aromatic N) is 5. The van der Waals surface area contributed by atoms with Crippen molar-refractivity contribution in [3.8, 4) is 22.8 Å². The maximum Gasteiger partial charge on any atom is 0.276 e. The summed E-state index contributed by atoms with van der Waals surface area (Å²) in [4.78, 5) is 35.2. The van der Waals surface area contributed by atoms with E-state index in [4.69, 9.17) is 9.47 Å². The van der Waals surface area contributed by atoms with Crippen LogP contribution in [0.3, 0.4) is 0 Å². The summed E-state index contributed by atoms with van der Waals surface area (Å²) in [6, 6.07) is 18.4. The number of likely N-dealkylation sites (N-methyl/N-ethyl adjacent to an activating group) is 1. The van der Waals surface area contributed by atoms with Crippen LogP contribution in [0.1, 0.15) is 16.1 Å². The van der Waals surface area contributed by atoms with E-state index in [1.807, 2.05) is 55.6 Å². The molecule has 2 aromatic carbocycles. The summed E-state index contributed by atoms with van der Waals surface area (Å²) in [7, 11) is 5.18. The fourth-order valence-electron chi connectivity index (χ4n) is 4.45. The van der Waals surface area contributed by atoms with E-state index in [9.17, 15) is 9.59 Å². The van der Waals surface area contributed by atoms with Crippen molar-refractivity contribution < 1.29 is 19.1 Å². The van der Waals surface area contributed by atoms with E-state index in [0.717, 1.165) is 24.2 Å². The van der Waals surface area contributed by atoms with Crippen LogP contribution in [-0.4, -0.2) is 83.7 Å². The molecule has 4 aromatic rings. The van der Waals surface area contributed by atoms with Crippen LogP contribution in [0.4, 0.5) is 0 Å². The summed E-state index contributed by atoms with van der Waals surface area (Å²) in [5.41, 5.74) is 3.16. The van der Waals surface area contributed by atoms with Gasteiger partial charge >= 0.3 is 0 Å². The molecule has 5 rings (SSSR count). The third-order valence-electron chi connectivity index (χ3n) is 6.65. The average Bonchev–Trinajstić information content (AvgIpc) is 3.42. The van der Waals surface area contributed by atoms with Gasteiger partial charge in [0.15, 0.2) is 22.8 Å². The lowest BCUT2D eigenvalue weighted by molar-refractivity contribution is -0.128. The second-order valence-electron chi connectivity index (χ2n) is 9.22. The molecule has 0 bridgehead atoms. The highest BCUT2D eigenvalue weighted by atomic mass is 16.5. The first-order chi connectivity index (χ1) is 19.0. The maximum atomic E-state index is 13.5. The number of hydrogen-bond donors (Lipinski definition) is 1. The van der Waals surface area contributed by atoms with Crippen LogP contribution < -0.4 is 14.8 Å². The summed E-state index contributed by atoms with van der Waals surface area (Å²) < 4.78 is 12.4. The molecule has 0 radical (unpaired) electrons. The van der Waals surface area contributed by atoms with Crippen molar-refractivity contribution >= 4 is 23.5 Å². The Morgan fingerprint density at radius 1 is 0.923 bits per heavy atom. The lowest BCUT2D eigenvalue weighted by atomic mass is 10.1. The molecule has 39 heavy (non-hydrogen) atoms. The van der Waals surface area contributed by atoms with E-state index in [-0.39, 0.29) is 17.3 Å². The van der Waals surface area contributed by atoms with Gasteiger partial charge in [-0.25, -0.2) is 9.50 Å². The summed E-state index contributed by atoms with van der Waals surface area (Å²) in [6.07, 6.45) is 3.35. The number of benzene rings is 2. The van der Waals surface area contributed by atoms with Gasteiger partial charge in [0.05, 0.1) is 19.9 Å². The number of fused-ring (bicyclic) bond motifs is 1. The second kappa shape index (κ2) is 11.4. The Morgan fingerprint density at radius 3 is 2.38 bits per heavy atom. The fraction of sp³-hybridized carbons (Fsp3) is 0.241. The Bertz CT molecular complexity index is 1520. The number of amides is 2. The van der Waals surface area contributed by atoms with Crippen LogP contribution in [0.5, 0.6) is 11.5 Å². The number of carbonyl (C=O) groups is 2. The Hall–Kier alpha value is -4.70. The Morgan fingerprint density at radius 2 is 1.67 bits per heavy atom. The van der Waals surface area contributed by atoms with Crippen molar-refractivity contribution in [3.63, 3.8) is 0 Å². The van der Waals surface area contributed by atoms with Crippen LogP contribution >= 0.6 is 0 Å². The van der Waals surface area contributed by atoms with E-state index < -0.39 is 5.91 Å². The van der Waals surface area contributed by atoms with Crippen molar-refractivity contribution in [2.45, 2.75) is 0 Å². The summed E-state index contributed by atoms with van der Waals surface area (Å²) in [5, 5.41) is 7.36. The molecule has 0 unspecified atom stereocenters. The van der Waals surface area contributed by atoms with Gasteiger partial charge in [-0.2, -0.15) is 5.10 Å². The van der Waals surface area contributed by atoms with Crippen molar-refractivity contribution in [2.75, 3.05) is 47.4 Å². The molecule has 0 saturated carbocycles. The van der Waals surface area contributed by atoms with Crippen LogP contribution in [0, 0.1) is 0 Å². The molecule has 0 spiro atoms. The number of rotatable bonds is 7. The first-order valence-electron chi connectivity index (χ1n) is 12.6. The molecule has 3 heterocycles. The Kier molecular flexibility index (Phi) is 7.55. The molecule has 2 aromatic heterocycles. The zero-order valence-corrected chi connectivity index (χ0v) is 22.1. The van der Waals surface area contributed by atoms with Gasteiger partial charge in [-0.15, -0.1) is 0 Å². The maximum absolute atomic E-state index is 13.5. The second-order valence-corrected chi connectivity index (χ2v) is 9.22. The van der Waals surface area contributed by atoms with Gasteiger partial charge in [-0.3, -0.25) is 9.59 Å². The largest absolute Gasteiger partial charge is 0.493 e. The molecule has 0 aliphatic carbocycles. The van der Waals surface area contributed by atoms with E-state index in [0.29, 0.717) is 35.9 Å². The molecule has 200 valence electrons. The van der Waals surface area contributed by atoms with Gasteiger partial charge < -0.3 is 24.6 Å². The molecule has 10 heteroatoms. The number of carbonyl (C=O) groups excluding carboxylic acids is 2. The van der Waals surface area contributed by atoms with E-state index in [1.165, 1.54) is 0 Å². The number of hydrogen-bond acceptors (Lipinski definition) is 7. The first kappa shape index (κ1) is 25.9. The zero-order chi connectivity index (χ0) is 27.4. The highest BCUT2D eigenvalue weighted by Crippen LogP contribution is 2.32. The summed E-state index contributed by atoms with van der Waals surface area (Å²) >= 11 is 0. The predicted molar refractivity (Wildman–Crippen MR) is 147 cm³/mol. The zero-order valence-electron chi connectivity index (χ0n) is 22.1. The lowest BCUT2D eigenvalue weighted by Crippen LogP contribution is -2.49. The number of nitrogens with one attached hydrogen (secondary N) is 1. The van der Waals surface area contributed by atoms with Crippen molar-refractivity contribution in [1.29, 1.82) is 0 Å². The quantitative estimate of drug-likeness (QED) is 0.370. The minimum absolute atomic E-state index is 0.139. The Balaban J connectivity index is 1.46. The van der Waals surface area contributed by atoms with Crippen LogP contribution in [0.25, 0.3) is 23.0 Å². The monoisotopic (exact) mass is 526 g/mol. The minimum atomic E-state index is -0.497. The molecule has 10 nitrogen and oxygen atoms in total. The van der Waals surface area contributed by atoms with Gasteiger partial charge in [-0.05, 0) is 43.0 Å². The number of ether oxygens (including phenoxy) is 2. The third-order valence-corrected chi connectivity index (χ3v) is 6.65. The number of methoxy groups -OCH3 is 2. The van der Waals surface area contributed by atoms with E-state index >= 15 is 0 Å². The first-order valence-corrected chi connectivity index (χ1v) is 12.6. The van der Waals surface area contributed by atoms with Crippen molar-refractivity contribution in [2.24, 2.45) is 0 Å². The Labute approximate surface area is 226 Å². The lowest BCUT2D eigenvalue weighted by Gasteiger charge is -2.33. The van der Waals surface area contributed by atoms with Crippen LogP contribution in [-0.2, 0) is 4.79 Å². The van der Waals surface area contributed by atoms with Gasteiger partial charge in [0.2, 0.25) is 0 Å². The van der Waals surface area contributed by atoms with Crippen molar-refractivity contribution in [1.82, 2.24) is 29.7 Å².